The topological polar surface area (TPSA) is 48.3 Å². The van der Waals surface area contributed by atoms with Gasteiger partial charge in [0.15, 0.2) is 0 Å². The first-order valence-electron chi connectivity index (χ1n) is 7.94. The van der Waals surface area contributed by atoms with Crippen molar-refractivity contribution in [1.82, 2.24) is 4.57 Å². The van der Waals surface area contributed by atoms with Crippen LogP contribution in [0.1, 0.15) is 44.1 Å². The lowest BCUT2D eigenvalue weighted by Crippen LogP contribution is -2.14. The zero-order valence-corrected chi connectivity index (χ0v) is 12.9. The number of nitrogens with zero attached hydrogens (tertiary/aromatic N) is 1. The first kappa shape index (κ1) is 14.8. The zero-order valence-electron chi connectivity index (χ0n) is 12.9. The molecule has 3 rings (SSSR count). The van der Waals surface area contributed by atoms with Crippen molar-refractivity contribution in [3.05, 3.63) is 36.0 Å². The predicted molar refractivity (Wildman–Crippen MR) is 84.8 cm³/mol. The van der Waals surface area contributed by atoms with Crippen LogP contribution in [0, 0.1) is 0 Å². The van der Waals surface area contributed by atoms with Gasteiger partial charge in [0.1, 0.15) is 12.3 Å². The van der Waals surface area contributed by atoms with Gasteiger partial charge in [0.05, 0.1) is 6.61 Å². The second-order valence-electron chi connectivity index (χ2n) is 5.87. The highest BCUT2D eigenvalue weighted by molar-refractivity contribution is 5.87. The van der Waals surface area contributed by atoms with Crippen molar-refractivity contribution in [1.29, 1.82) is 0 Å². The first-order valence-corrected chi connectivity index (χ1v) is 7.94. The second kappa shape index (κ2) is 6.34. The Hall–Kier alpha value is -2.10. The number of aromatic nitrogens is 1. The molecular weight excluding hydrogens is 278 g/mol. The molecule has 1 heterocycles. The fraction of sp³-hybridized carbons (Fsp3) is 0.444. The van der Waals surface area contributed by atoms with E-state index in [1.807, 2.05) is 35.9 Å². The third-order valence-corrected chi connectivity index (χ3v) is 4.35. The van der Waals surface area contributed by atoms with E-state index >= 15 is 0 Å². The molecule has 1 atom stereocenters. The van der Waals surface area contributed by atoms with E-state index in [4.69, 9.17) is 4.74 Å². The minimum atomic E-state index is -0.227. The Bertz CT molecular complexity index is 701. The monoisotopic (exact) mass is 299 g/mol. The Balaban J connectivity index is 1.96. The number of esters is 1. The van der Waals surface area contributed by atoms with E-state index in [1.54, 1.807) is 0 Å². The highest BCUT2D eigenvalue weighted by Crippen LogP contribution is 2.36. The Morgan fingerprint density at radius 1 is 1.36 bits per heavy atom. The lowest BCUT2D eigenvalue weighted by Gasteiger charge is -2.20. The Labute approximate surface area is 130 Å². The molecule has 4 heteroatoms. The van der Waals surface area contributed by atoms with Crippen LogP contribution < -0.4 is 0 Å². The summed E-state index contributed by atoms with van der Waals surface area (Å²) in [5, 5.41) is 1.14. The van der Waals surface area contributed by atoms with Crippen molar-refractivity contribution in [3.63, 3.8) is 0 Å². The molecule has 0 aliphatic heterocycles. The minimum absolute atomic E-state index is 0.217. The zero-order chi connectivity index (χ0) is 15.5. The van der Waals surface area contributed by atoms with Crippen LogP contribution >= 0.6 is 0 Å². The fourth-order valence-electron chi connectivity index (χ4n) is 3.37. The van der Waals surface area contributed by atoms with Crippen molar-refractivity contribution in [2.75, 3.05) is 6.61 Å². The average Bonchev–Trinajstić information content (AvgIpc) is 2.87. The van der Waals surface area contributed by atoms with Crippen molar-refractivity contribution in [2.24, 2.45) is 0 Å². The van der Waals surface area contributed by atoms with Gasteiger partial charge in [-0.25, -0.2) is 0 Å². The Morgan fingerprint density at radius 3 is 2.95 bits per heavy atom. The molecule has 0 amide bonds. The van der Waals surface area contributed by atoms with E-state index in [0.717, 1.165) is 23.7 Å². The summed E-state index contributed by atoms with van der Waals surface area (Å²) in [6, 6.07) is 8.07. The lowest BCUT2D eigenvalue weighted by atomic mass is 9.83. The predicted octanol–water partition coefficient (Wildman–Crippen LogP) is 3.43. The summed E-state index contributed by atoms with van der Waals surface area (Å²) in [5.74, 6) is 0.391. The van der Waals surface area contributed by atoms with Gasteiger partial charge in [-0.3, -0.25) is 9.59 Å². The molecule has 4 nitrogen and oxygen atoms in total. The van der Waals surface area contributed by atoms with Crippen LogP contribution in [-0.4, -0.2) is 22.9 Å². The van der Waals surface area contributed by atoms with Gasteiger partial charge in [-0.1, -0.05) is 18.2 Å². The maximum absolute atomic E-state index is 11.8. The number of Topliss-reactive ketones (excluding diaryl/α,β-unsaturated/α-hetero) is 1. The standard InChI is InChI=1S/C18H21NO3/c1-2-22-18(21)12-19-11-16(13-6-5-7-14(20)10-13)15-8-3-4-9-17(15)19/h3-4,8-9,11,13H,2,5-7,10,12H2,1H3. The smallest absolute Gasteiger partial charge is 0.325 e. The van der Waals surface area contributed by atoms with E-state index in [0.29, 0.717) is 25.2 Å². The molecule has 0 spiro atoms. The molecule has 1 fully saturated rings. The van der Waals surface area contributed by atoms with Crippen LogP contribution in [0.5, 0.6) is 0 Å². The van der Waals surface area contributed by atoms with Gasteiger partial charge in [0, 0.05) is 29.9 Å². The van der Waals surface area contributed by atoms with Crippen molar-refractivity contribution < 1.29 is 14.3 Å². The number of carbonyl (C=O) groups is 2. The summed E-state index contributed by atoms with van der Waals surface area (Å²) in [6.07, 6.45) is 5.36. The summed E-state index contributed by atoms with van der Waals surface area (Å²) in [6.45, 7) is 2.42. The molecule has 2 aromatic rings. The van der Waals surface area contributed by atoms with Crippen molar-refractivity contribution in [3.8, 4) is 0 Å². The van der Waals surface area contributed by atoms with E-state index in [1.165, 1.54) is 5.56 Å². The largest absolute Gasteiger partial charge is 0.465 e. The normalized spacial score (nSPS) is 18.6. The molecule has 0 saturated heterocycles. The molecule has 0 N–H and O–H groups in total. The van der Waals surface area contributed by atoms with Gasteiger partial charge in [-0.05, 0) is 37.3 Å². The molecule has 116 valence electrons. The second-order valence-corrected chi connectivity index (χ2v) is 5.87. The molecule has 1 aromatic heterocycles. The number of ketones is 1. The number of hydrogen-bond acceptors (Lipinski definition) is 3. The highest BCUT2D eigenvalue weighted by Gasteiger charge is 2.24. The molecule has 1 unspecified atom stereocenters. The molecule has 1 saturated carbocycles. The van der Waals surface area contributed by atoms with Crippen LogP contribution in [0.4, 0.5) is 0 Å². The summed E-state index contributed by atoms with van der Waals surface area (Å²) in [7, 11) is 0. The number of carbonyl (C=O) groups excluding carboxylic acids is 2. The van der Waals surface area contributed by atoms with Gasteiger partial charge >= 0.3 is 5.97 Å². The number of benzene rings is 1. The third-order valence-electron chi connectivity index (χ3n) is 4.35. The Kier molecular flexibility index (Phi) is 4.27. The van der Waals surface area contributed by atoms with Crippen LogP contribution in [0.15, 0.2) is 30.5 Å². The number of fused-ring (bicyclic) bond motifs is 1. The maximum atomic E-state index is 11.8. The summed E-state index contributed by atoms with van der Waals surface area (Å²) >= 11 is 0. The van der Waals surface area contributed by atoms with Crippen LogP contribution in [0.2, 0.25) is 0 Å². The van der Waals surface area contributed by atoms with Crippen molar-refractivity contribution in [2.45, 2.75) is 45.1 Å². The lowest BCUT2D eigenvalue weighted by molar-refractivity contribution is -0.143. The van der Waals surface area contributed by atoms with Crippen molar-refractivity contribution >= 4 is 22.7 Å². The van der Waals surface area contributed by atoms with E-state index in [2.05, 4.69) is 6.07 Å². The minimum Gasteiger partial charge on any atom is -0.465 e. The molecule has 1 aliphatic rings. The van der Waals surface area contributed by atoms with E-state index in [-0.39, 0.29) is 18.4 Å². The molecule has 0 bridgehead atoms. The van der Waals surface area contributed by atoms with Gasteiger partial charge in [0.25, 0.3) is 0 Å². The van der Waals surface area contributed by atoms with Gasteiger partial charge in [-0.15, -0.1) is 0 Å². The molecule has 0 radical (unpaired) electrons. The number of para-hydroxylation sites is 1. The number of hydrogen-bond donors (Lipinski definition) is 0. The van der Waals surface area contributed by atoms with E-state index < -0.39 is 0 Å². The third kappa shape index (κ3) is 2.91. The van der Waals surface area contributed by atoms with Gasteiger partial charge in [-0.2, -0.15) is 0 Å². The first-order chi connectivity index (χ1) is 10.7. The van der Waals surface area contributed by atoms with Gasteiger partial charge in [0.2, 0.25) is 0 Å². The summed E-state index contributed by atoms with van der Waals surface area (Å²) < 4.78 is 7.00. The maximum Gasteiger partial charge on any atom is 0.325 e. The van der Waals surface area contributed by atoms with Crippen LogP contribution in [0.25, 0.3) is 10.9 Å². The molecule has 1 aromatic carbocycles. The highest BCUT2D eigenvalue weighted by atomic mass is 16.5. The summed E-state index contributed by atoms with van der Waals surface area (Å²) in [4.78, 5) is 23.6. The number of rotatable bonds is 4. The quantitative estimate of drug-likeness (QED) is 0.813. The summed E-state index contributed by atoms with van der Waals surface area (Å²) in [5.41, 5.74) is 2.22. The number of ether oxygens (including phenoxy) is 1. The Morgan fingerprint density at radius 2 is 2.18 bits per heavy atom. The SMILES string of the molecule is CCOC(=O)Cn1cc(C2CCCC(=O)C2)c2ccccc21. The van der Waals surface area contributed by atoms with Crippen LogP contribution in [0.3, 0.4) is 0 Å². The average molecular weight is 299 g/mol. The molecule has 1 aliphatic carbocycles. The van der Waals surface area contributed by atoms with Crippen LogP contribution in [-0.2, 0) is 20.9 Å². The van der Waals surface area contributed by atoms with E-state index in [9.17, 15) is 9.59 Å². The van der Waals surface area contributed by atoms with Gasteiger partial charge < -0.3 is 9.30 Å². The fourth-order valence-corrected chi connectivity index (χ4v) is 3.37. The molecular formula is C18H21NO3. The molecule has 22 heavy (non-hydrogen) atoms.